The fourth-order valence-corrected chi connectivity index (χ4v) is 9.52. The van der Waals surface area contributed by atoms with Crippen LogP contribution in [0.2, 0.25) is 0 Å². The summed E-state index contributed by atoms with van der Waals surface area (Å²) in [6.45, 7) is 10.7. The second kappa shape index (κ2) is 43.4. The molecule has 0 aromatic rings. The molecule has 0 aromatic carbocycles. The van der Waals surface area contributed by atoms with Crippen LogP contribution in [0.5, 0.6) is 0 Å². The number of rotatable bonds is 48. The Morgan fingerprint density at radius 3 is 0.600 bits per heavy atom. The first-order valence-electron chi connectivity index (χ1n) is 25.7. The molecule has 55 heavy (non-hydrogen) atoms. The van der Waals surface area contributed by atoms with Crippen molar-refractivity contribution in [1.29, 1.82) is 0 Å². The molecule has 5 heteroatoms. The van der Waals surface area contributed by atoms with Gasteiger partial charge in [-0.25, -0.2) is 0 Å². The van der Waals surface area contributed by atoms with Crippen molar-refractivity contribution in [2.24, 2.45) is 0 Å². The topological polar surface area (TPSA) is 54.4 Å². The van der Waals surface area contributed by atoms with Gasteiger partial charge in [0.1, 0.15) is 5.75 Å². The molecule has 0 aliphatic heterocycles. The van der Waals surface area contributed by atoms with Gasteiger partial charge in [0.15, 0.2) is 0 Å². The molecule has 0 bridgehead atoms. The molecular formula is C50H104NO3S+. The summed E-state index contributed by atoms with van der Waals surface area (Å²) < 4.78 is 34.8. The summed E-state index contributed by atoms with van der Waals surface area (Å²) >= 11 is 0. The van der Waals surface area contributed by atoms with Gasteiger partial charge in [0.2, 0.25) is 0 Å². The molecule has 1 N–H and O–H groups in total. The third-order valence-corrected chi connectivity index (χ3v) is 13.5. The fourth-order valence-electron chi connectivity index (χ4n) is 8.91. The Hall–Kier alpha value is -0.130. The lowest BCUT2D eigenvalue weighted by molar-refractivity contribution is -0.926. The zero-order valence-electron chi connectivity index (χ0n) is 38.4. The second-order valence-electron chi connectivity index (χ2n) is 18.3. The van der Waals surface area contributed by atoms with Crippen molar-refractivity contribution in [3.63, 3.8) is 0 Å². The van der Waals surface area contributed by atoms with Gasteiger partial charge in [-0.15, -0.1) is 0 Å². The van der Waals surface area contributed by atoms with E-state index in [2.05, 4.69) is 20.8 Å². The summed E-state index contributed by atoms with van der Waals surface area (Å²) in [5.74, 6) is -0.0805. The molecule has 0 saturated carbocycles. The van der Waals surface area contributed by atoms with Crippen LogP contribution in [0.25, 0.3) is 0 Å². The maximum absolute atomic E-state index is 12.0. The Morgan fingerprint density at radius 2 is 0.436 bits per heavy atom. The van der Waals surface area contributed by atoms with Crippen molar-refractivity contribution in [2.75, 3.05) is 31.9 Å². The van der Waals surface area contributed by atoms with E-state index in [-0.39, 0.29) is 5.75 Å². The molecule has 0 aliphatic rings. The van der Waals surface area contributed by atoms with Gasteiger partial charge in [-0.2, -0.15) is 8.42 Å². The highest BCUT2D eigenvalue weighted by Crippen LogP contribution is 2.21. The quantitative estimate of drug-likeness (QED) is 0.0379. The molecule has 0 aromatic heterocycles. The summed E-state index contributed by atoms with van der Waals surface area (Å²) in [6, 6.07) is 0. The van der Waals surface area contributed by atoms with Crippen LogP contribution < -0.4 is 0 Å². The standard InChI is InChI=1S/C50H103NO3S/c1-4-7-10-13-16-19-22-25-28-31-34-37-40-43-46-51(49-50-55(52,53)54,47-44-41-38-35-32-29-26-23-20-17-14-11-8-5-2)48-45-42-39-36-33-30-27-24-21-18-15-12-9-6-3/h4-50H2,1-3H3/p+1. The lowest BCUT2D eigenvalue weighted by Gasteiger charge is -2.39. The third kappa shape index (κ3) is 43.3. The summed E-state index contributed by atoms with van der Waals surface area (Å²) in [5.41, 5.74) is 0. The monoisotopic (exact) mass is 799 g/mol. The van der Waals surface area contributed by atoms with E-state index in [1.807, 2.05) is 0 Å². The molecule has 0 fully saturated rings. The van der Waals surface area contributed by atoms with Gasteiger partial charge in [-0.05, 0) is 38.5 Å². The summed E-state index contributed by atoms with van der Waals surface area (Å²) in [6.07, 6.45) is 57.4. The highest BCUT2D eigenvalue weighted by molar-refractivity contribution is 7.85. The fraction of sp³-hybridized carbons (Fsp3) is 1.00. The first kappa shape index (κ1) is 54.9. The molecule has 0 atom stereocenters. The molecule has 0 spiro atoms. The lowest BCUT2D eigenvalue weighted by Crippen LogP contribution is -2.52. The van der Waals surface area contributed by atoms with Crippen LogP contribution in [0.1, 0.15) is 290 Å². The van der Waals surface area contributed by atoms with E-state index in [1.54, 1.807) is 0 Å². The zero-order chi connectivity index (χ0) is 40.2. The van der Waals surface area contributed by atoms with Gasteiger partial charge in [0.25, 0.3) is 10.1 Å². The Bertz CT molecular complexity index is 752. The van der Waals surface area contributed by atoms with E-state index >= 15 is 0 Å². The van der Waals surface area contributed by atoms with Gasteiger partial charge in [0.05, 0.1) is 26.2 Å². The Labute approximate surface area is 348 Å². The lowest BCUT2D eigenvalue weighted by atomic mass is 10.0. The predicted molar refractivity (Wildman–Crippen MR) is 247 cm³/mol. The minimum atomic E-state index is -3.95. The molecule has 0 saturated heterocycles. The molecule has 0 radical (unpaired) electrons. The maximum Gasteiger partial charge on any atom is 0.270 e. The minimum absolute atomic E-state index is 0.0805. The van der Waals surface area contributed by atoms with E-state index < -0.39 is 10.1 Å². The number of quaternary nitrogens is 1. The molecule has 0 aliphatic carbocycles. The largest absolute Gasteiger partial charge is 0.323 e. The Balaban J connectivity index is 4.65. The van der Waals surface area contributed by atoms with Gasteiger partial charge in [-0.3, -0.25) is 4.55 Å². The maximum atomic E-state index is 12.0. The van der Waals surface area contributed by atoms with Crippen LogP contribution in [0.4, 0.5) is 0 Å². The van der Waals surface area contributed by atoms with E-state index in [9.17, 15) is 13.0 Å². The second-order valence-corrected chi connectivity index (χ2v) is 19.9. The SMILES string of the molecule is CCCCCCCCCCCCCCCC[N+](CCCCCCCCCCCCCCCC)(CCCCCCCCCCCCCCCC)CCS(=O)(=O)O. The average Bonchev–Trinajstić information content (AvgIpc) is 3.17. The predicted octanol–water partition coefficient (Wildman–Crippen LogP) is 17.1. The molecule has 0 unspecified atom stereocenters. The molecule has 332 valence electrons. The smallest absolute Gasteiger partial charge is 0.270 e. The normalized spacial score (nSPS) is 12.3. The van der Waals surface area contributed by atoms with E-state index in [0.717, 1.165) is 24.1 Å². The molecule has 0 rings (SSSR count). The van der Waals surface area contributed by atoms with Crippen LogP contribution in [-0.4, -0.2) is 49.4 Å². The number of unbranched alkanes of at least 4 members (excludes halogenated alkanes) is 39. The number of hydrogen-bond acceptors (Lipinski definition) is 2. The minimum Gasteiger partial charge on any atom is -0.323 e. The van der Waals surface area contributed by atoms with Crippen LogP contribution in [-0.2, 0) is 10.1 Å². The zero-order valence-corrected chi connectivity index (χ0v) is 39.2. The van der Waals surface area contributed by atoms with Gasteiger partial charge in [0, 0.05) is 0 Å². The Kier molecular flexibility index (Phi) is 43.3. The third-order valence-electron chi connectivity index (χ3n) is 12.8. The van der Waals surface area contributed by atoms with E-state index in [1.165, 1.54) is 270 Å². The molecule has 0 amide bonds. The highest BCUT2D eigenvalue weighted by atomic mass is 32.2. The van der Waals surface area contributed by atoms with Crippen LogP contribution in [0, 0.1) is 0 Å². The van der Waals surface area contributed by atoms with Crippen molar-refractivity contribution in [2.45, 2.75) is 290 Å². The first-order valence-corrected chi connectivity index (χ1v) is 27.3. The van der Waals surface area contributed by atoms with Gasteiger partial charge < -0.3 is 4.48 Å². The summed E-state index contributed by atoms with van der Waals surface area (Å²) in [4.78, 5) is 0. The van der Waals surface area contributed by atoms with Gasteiger partial charge in [-0.1, -0.05) is 252 Å². The van der Waals surface area contributed by atoms with Crippen LogP contribution in [0.15, 0.2) is 0 Å². The number of nitrogens with zero attached hydrogens (tertiary/aromatic N) is 1. The van der Waals surface area contributed by atoms with Crippen molar-refractivity contribution in [3.05, 3.63) is 0 Å². The van der Waals surface area contributed by atoms with Crippen LogP contribution in [0.3, 0.4) is 0 Å². The van der Waals surface area contributed by atoms with Crippen LogP contribution >= 0.6 is 0 Å². The van der Waals surface area contributed by atoms with Gasteiger partial charge >= 0.3 is 0 Å². The molecule has 4 nitrogen and oxygen atoms in total. The van der Waals surface area contributed by atoms with Crippen molar-refractivity contribution >= 4 is 10.1 Å². The molecule has 0 heterocycles. The van der Waals surface area contributed by atoms with Crippen molar-refractivity contribution in [1.82, 2.24) is 0 Å². The average molecular weight is 799 g/mol. The molecular weight excluding hydrogens is 695 g/mol. The Morgan fingerprint density at radius 1 is 0.273 bits per heavy atom. The van der Waals surface area contributed by atoms with Crippen molar-refractivity contribution < 1.29 is 17.5 Å². The summed E-state index contributed by atoms with van der Waals surface area (Å²) in [5, 5.41) is 0. The number of hydrogen-bond donors (Lipinski definition) is 1. The highest BCUT2D eigenvalue weighted by Gasteiger charge is 2.28. The van der Waals surface area contributed by atoms with Crippen molar-refractivity contribution in [3.8, 4) is 0 Å². The van der Waals surface area contributed by atoms with E-state index in [4.69, 9.17) is 0 Å². The van der Waals surface area contributed by atoms with E-state index in [0.29, 0.717) is 6.54 Å². The summed E-state index contributed by atoms with van der Waals surface area (Å²) in [7, 11) is -3.95. The first-order chi connectivity index (χ1) is 26.9.